The van der Waals surface area contributed by atoms with Crippen molar-refractivity contribution in [3.63, 3.8) is 0 Å². The fourth-order valence-corrected chi connectivity index (χ4v) is 0.819. The van der Waals surface area contributed by atoms with Crippen LogP contribution in [0.1, 0.15) is 13.3 Å². The summed E-state index contributed by atoms with van der Waals surface area (Å²) in [4.78, 5) is 10.6. The summed E-state index contributed by atoms with van der Waals surface area (Å²) in [6.07, 6.45) is 5.24. The van der Waals surface area contributed by atoms with Crippen LogP contribution >= 0.6 is 0 Å². The number of carboxylic acid groups (broad SMARTS) is 1. The van der Waals surface area contributed by atoms with Gasteiger partial charge in [0, 0.05) is 0 Å². The van der Waals surface area contributed by atoms with Crippen LogP contribution in [0.25, 0.3) is 0 Å². The molecule has 0 fully saturated rings. The van der Waals surface area contributed by atoms with Crippen molar-refractivity contribution >= 4 is 5.97 Å². The second-order valence-electron chi connectivity index (χ2n) is 2.27. The molecule has 0 aromatic heterocycles. The van der Waals surface area contributed by atoms with E-state index in [-0.39, 0.29) is 5.57 Å². The van der Waals surface area contributed by atoms with Crippen molar-refractivity contribution in [1.82, 2.24) is 0 Å². The van der Waals surface area contributed by atoms with E-state index in [2.05, 4.69) is 6.58 Å². The van der Waals surface area contributed by atoms with E-state index in [4.69, 9.17) is 10.4 Å². The van der Waals surface area contributed by atoms with Gasteiger partial charge in [-0.3, -0.25) is 0 Å². The van der Waals surface area contributed by atoms with E-state index in [1.54, 1.807) is 25.1 Å². The fraction of sp³-hybridized carbons (Fsp3) is 0.200. The Bertz CT molecular complexity index is 305. The van der Waals surface area contributed by atoms with E-state index in [0.717, 1.165) is 0 Å². The van der Waals surface area contributed by atoms with Crippen molar-refractivity contribution in [2.75, 3.05) is 0 Å². The van der Waals surface area contributed by atoms with Crippen molar-refractivity contribution in [1.29, 1.82) is 5.26 Å². The van der Waals surface area contributed by atoms with Gasteiger partial charge in [-0.2, -0.15) is 5.26 Å². The van der Waals surface area contributed by atoms with Gasteiger partial charge in [-0.1, -0.05) is 31.7 Å². The Labute approximate surface area is 77.3 Å². The van der Waals surface area contributed by atoms with Crippen LogP contribution in [0.5, 0.6) is 0 Å². The molecular formula is C10H11NO2. The van der Waals surface area contributed by atoms with Crippen molar-refractivity contribution < 1.29 is 9.90 Å². The van der Waals surface area contributed by atoms with Crippen LogP contribution in [0, 0.1) is 11.3 Å². The first-order valence-corrected chi connectivity index (χ1v) is 3.83. The monoisotopic (exact) mass is 177 g/mol. The van der Waals surface area contributed by atoms with Gasteiger partial charge in [0.15, 0.2) is 0 Å². The average molecular weight is 177 g/mol. The minimum Gasteiger partial charge on any atom is -0.477 e. The number of allylic oxidation sites excluding steroid dienone is 4. The summed E-state index contributed by atoms with van der Waals surface area (Å²) < 4.78 is 0. The summed E-state index contributed by atoms with van der Waals surface area (Å²) in [7, 11) is 0. The molecular weight excluding hydrogens is 166 g/mol. The maximum absolute atomic E-state index is 10.6. The molecule has 0 rings (SSSR count). The third kappa shape index (κ3) is 3.39. The summed E-state index contributed by atoms with van der Waals surface area (Å²) >= 11 is 0. The molecule has 0 aliphatic carbocycles. The lowest BCUT2D eigenvalue weighted by Crippen LogP contribution is -2.01. The van der Waals surface area contributed by atoms with Gasteiger partial charge < -0.3 is 5.11 Å². The molecule has 0 saturated carbocycles. The van der Waals surface area contributed by atoms with Gasteiger partial charge in [0.25, 0.3) is 0 Å². The summed E-state index contributed by atoms with van der Waals surface area (Å²) in [5.41, 5.74) is 0.301. The highest BCUT2D eigenvalue weighted by atomic mass is 16.4. The molecule has 0 unspecified atom stereocenters. The van der Waals surface area contributed by atoms with Gasteiger partial charge in [-0.25, -0.2) is 4.79 Å². The second-order valence-corrected chi connectivity index (χ2v) is 2.27. The summed E-state index contributed by atoms with van der Waals surface area (Å²) in [5.74, 6) is -1.19. The number of hydrogen-bond donors (Lipinski definition) is 1. The van der Waals surface area contributed by atoms with E-state index in [9.17, 15) is 4.79 Å². The maximum atomic E-state index is 10.6. The Morgan fingerprint density at radius 3 is 2.62 bits per heavy atom. The molecule has 0 bridgehead atoms. The van der Waals surface area contributed by atoms with E-state index in [1.165, 1.54) is 6.08 Å². The maximum Gasteiger partial charge on any atom is 0.346 e. The van der Waals surface area contributed by atoms with Crippen LogP contribution in [0.2, 0.25) is 0 Å². The summed E-state index contributed by atoms with van der Waals surface area (Å²) in [6.45, 7) is 5.25. The average Bonchev–Trinajstić information content (AvgIpc) is 2.11. The Balaban J connectivity index is 5.08. The van der Waals surface area contributed by atoms with Crippen LogP contribution in [0.3, 0.4) is 0 Å². The van der Waals surface area contributed by atoms with Crippen molar-refractivity contribution in [2.45, 2.75) is 13.3 Å². The third-order valence-electron chi connectivity index (χ3n) is 1.46. The third-order valence-corrected chi connectivity index (χ3v) is 1.46. The number of aliphatic carboxylic acids is 1. The first-order chi connectivity index (χ1) is 6.17. The molecule has 3 nitrogen and oxygen atoms in total. The number of carboxylic acids is 1. The normalized spacial score (nSPS) is 12.0. The first-order valence-electron chi connectivity index (χ1n) is 3.83. The second kappa shape index (κ2) is 5.78. The van der Waals surface area contributed by atoms with Crippen molar-refractivity contribution in [3.05, 3.63) is 36.0 Å². The molecule has 13 heavy (non-hydrogen) atoms. The van der Waals surface area contributed by atoms with Gasteiger partial charge in [0.2, 0.25) is 0 Å². The number of carbonyl (C=O) groups is 1. The topological polar surface area (TPSA) is 61.1 Å². The van der Waals surface area contributed by atoms with Gasteiger partial charge >= 0.3 is 5.97 Å². The molecule has 1 N–H and O–H groups in total. The highest BCUT2D eigenvalue weighted by Gasteiger charge is 2.09. The predicted molar refractivity (Wildman–Crippen MR) is 49.9 cm³/mol. The van der Waals surface area contributed by atoms with E-state index < -0.39 is 5.97 Å². The predicted octanol–water partition coefficient (Wildman–Crippen LogP) is 2.04. The minimum absolute atomic E-state index is 0.208. The Morgan fingerprint density at radius 2 is 2.31 bits per heavy atom. The lowest BCUT2D eigenvalue weighted by atomic mass is 10.1. The molecule has 0 aliphatic rings. The van der Waals surface area contributed by atoms with Crippen LogP contribution in [0.4, 0.5) is 0 Å². The molecule has 0 radical (unpaired) electrons. The van der Waals surface area contributed by atoms with Crippen LogP contribution in [-0.4, -0.2) is 11.1 Å². The van der Waals surface area contributed by atoms with Crippen molar-refractivity contribution in [2.24, 2.45) is 0 Å². The molecule has 0 spiro atoms. The van der Waals surface area contributed by atoms with Crippen LogP contribution in [0.15, 0.2) is 36.0 Å². The van der Waals surface area contributed by atoms with E-state index in [1.807, 2.05) is 0 Å². The molecule has 3 heteroatoms. The molecule has 0 heterocycles. The summed E-state index contributed by atoms with van der Waals surface area (Å²) in [6, 6.07) is 1.66. The zero-order chi connectivity index (χ0) is 10.3. The van der Waals surface area contributed by atoms with Crippen LogP contribution in [-0.2, 0) is 4.79 Å². The Morgan fingerprint density at radius 1 is 1.69 bits per heavy atom. The van der Waals surface area contributed by atoms with Gasteiger partial charge in [-0.15, -0.1) is 0 Å². The molecule has 0 aromatic carbocycles. The summed E-state index contributed by atoms with van der Waals surface area (Å²) in [5, 5.41) is 17.2. The highest BCUT2D eigenvalue weighted by molar-refractivity contribution is 5.92. The number of nitrogens with zero attached hydrogens (tertiary/aromatic N) is 1. The van der Waals surface area contributed by atoms with E-state index in [0.29, 0.717) is 12.0 Å². The fourth-order valence-electron chi connectivity index (χ4n) is 0.819. The SMILES string of the molecule is C=CC=CC(CC)=C(C#N)C(=O)O. The van der Waals surface area contributed by atoms with Gasteiger partial charge in [0.05, 0.1) is 0 Å². The number of rotatable bonds is 4. The van der Waals surface area contributed by atoms with Crippen molar-refractivity contribution in [3.8, 4) is 6.07 Å². The highest BCUT2D eigenvalue weighted by Crippen LogP contribution is 2.10. The molecule has 0 aromatic rings. The van der Waals surface area contributed by atoms with Crippen LogP contribution < -0.4 is 0 Å². The quantitative estimate of drug-likeness (QED) is 0.406. The molecule has 68 valence electrons. The lowest BCUT2D eigenvalue weighted by molar-refractivity contribution is -0.132. The smallest absolute Gasteiger partial charge is 0.346 e. The first kappa shape index (κ1) is 11.2. The Kier molecular flexibility index (Phi) is 4.97. The number of nitriles is 1. The molecule has 0 atom stereocenters. The lowest BCUT2D eigenvalue weighted by Gasteiger charge is -1.97. The Hall–Kier alpha value is -1.82. The molecule has 0 amide bonds. The zero-order valence-electron chi connectivity index (χ0n) is 7.45. The zero-order valence-corrected chi connectivity index (χ0v) is 7.45. The number of hydrogen-bond acceptors (Lipinski definition) is 2. The van der Waals surface area contributed by atoms with E-state index >= 15 is 0 Å². The largest absolute Gasteiger partial charge is 0.477 e. The molecule has 0 aliphatic heterocycles. The van der Waals surface area contributed by atoms with Gasteiger partial charge in [0.1, 0.15) is 11.6 Å². The molecule has 0 saturated heterocycles. The van der Waals surface area contributed by atoms with Gasteiger partial charge in [-0.05, 0) is 12.0 Å². The standard InChI is InChI=1S/C10H11NO2/c1-3-5-6-8(4-2)9(7-11)10(12)13/h3,5-6H,1,4H2,2H3,(H,12,13). The minimum atomic E-state index is -1.19.